The van der Waals surface area contributed by atoms with Crippen LogP contribution in [0.4, 0.5) is 5.69 Å². The van der Waals surface area contributed by atoms with Crippen LogP contribution >= 0.6 is 0 Å². The first-order valence-electron chi connectivity index (χ1n) is 9.51. The monoisotopic (exact) mass is 345 g/mol. The largest absolute Gasteiger partial charge is 0.464 e. The molecule has 5 nitrogen and oxygen atoms in total. The van der Waals surface area contributed by atoms with Gasteiger partial charge in [0.1, 0.15) is 0 Å². The van der Waals surface area contributed by atoms with Gasteiger partial charge in [-0.3, -0.25) is 14.7 Å². The highest BCUT2D eigenvalue weighted by Crippen LogP contribution is 2.32. The molecule has 1 aromatic rings. The minimum Gasteiger partial charge on any atom is -0.464 e. The number of rotatable bonds is 6. The quantitative estimate of drug-likeness (QED) is 0.741. The van der Waals surface area contributed by atoms with E-state index in [0.29, 0.717) is 25.1 Å². The molecule has 3 rings (SSSR count). The fraction of sp³-hybridized carbons (Fsp3) is 0.700. The van der Waals surface area contributed by atoms with Gasteiger partial charge >= 0.3 is 5.97 Å². The maximum Gasteiger partial charge on any atom is 0.320 e. The molecule has 1 aliphatic heterocycles. The Morgan fingerprint density at radius 3 is 2.64 bits per heavy atom. The Balaban J connectivity index is 1.47. The molecule has 138 valence electrons. The first-order chi connectivity index (χ1) is 11.9. The van der Waals surface area contributed by atoms with Crippen LogP contribution in [0.2, 0.25) is 0 Å². The highest BCUT2D eigenvalue weighted by Gasteiger charge is 2.37. The van der Waals surface area contributed by atoms with Crippen LogP contribution in [0.25, 0.3) is 0 Å². The van der Waals surface area contributed by atoms with Crippen LogP contribution < -0.4 is 4.90 Å². The van der Waals surface area contributed by atoms with Crippen molar-refractivity contribution in [1.82, 2.24) is 9.88 Å². The van der Waals surface area contributed by atoms with Gasteiger partial charge < -0.3 is 9.64 Å². The van der Waals surface area contributed by atoms with E-state index in [4.69, 9.17) is 4.74 Å². The fourth-order valence-electron chi connectivity index (χ4n) is 3.69. The smallest absolute Gasteiger partial charge is 0.320 e. The van der Waals surface area contributed by atoms with Gasteiger partial charge in [-0.2, -0.15) is 0 Å². The zero-order valence-electron chi connectivity index (χ0n) is 15.8. The second-order valence-electron chi connectivity index (χ2n) is 8.37. The van der Waals surface area contributed by atoms with Crippen LogP contribution in [-0.4, -0.2) is 53.7 Å². The molecule has 0 radical (unpaired) electrons. The second kappa shape index (κ2) is 7.73. The molecular weight excluding hydrogens is 314 g/mol. The van der Waals surface area contributed by atoms with E-state index in [1.165, 1.54) is 18.5 Å². The molecule has 1 saturated carbocycles. The van der Waals surface area contributed by atoms with Crippen LogP contribution in [0.3, 0.4) is 0 Å². The summed E-state index contributed by atoms with van der Waals surface area (Å²) < 4.78 is 5.65. The lowest BCUT2D eigenvalue weighted by atomic mass is 9.98. The number of hydrogen-bond donors (Lipinski definition) is 0. The average molecular weight is 345 g/mol. The van der Waals surface area contributed by atoms with E-state index in [1.54, 1.807) is 0 Å². The van der Waals surface area contributed by atoms with Gasteiger partial charge in [0.25, 0.3) is 0 Å². The molecule has 5 heteroatoms. The zero-order valence-corrected chi connectivity index (χ0v) is 15.8. The highest BCUT2D eigenvalue weighted by molar-refractivity contribution is 5.72. The van der Waals surface area contributed by atoms with E-state index in [-0.39, 0.29) is 11.5 Å². The third-order valence-corrected chi connectivity index (χ3v) is 5.18. The third-order valence-electron chi connectivity index (χ3n) is 5.18. The SMILES string of the molecule is CC(C)(C)N(CC(=O)OCC1CCCN(c2ccncc2)C1)C1CC1. The van der Waals surface area contributed by atoms with Crippen molar-refractivity contribution in [3.8, 4) is 0 Å². The van der Waals surface area contributed by atoms with Gasteiger partial charge in [0.15, 0.2) is 0 Å². The Morgan fingerprint density at radius 2 is 2.00 bits per heavy atom. The number of ether oxygens (including phenoxy) is 1. The molecule has 0 amide bonds. The zero-order chi connectivity index (χ0) is 17.9. The number of carbonyl (C=O) groups is 1. The van der Waals surface area contributed by atoms with E-state index in [9.17, 15) is 4.79 Å². The van der Waals surface area contributed by atoms with E-state index in [2.05, 4.69) is 35.6 Å². The number of pyridine rings is 1. The summed E-state index contributed by atoms with van der Waals surface area (Å²) in [6.07, 6.45) is 8.33. The molecule has 1 aromatic heterocycles. The van der Waals surface area contributed by atoms with E-state index in [0.717, 1.165) is 25.9 Å². The summed E-state index contributed by atoms with van der Waals surface area (Å²) in [7, 11) is 0. The van der Waals surface area contributed by atoms with Gasteiger partial charge in [-0.25, -0.2) is 0 Å². The Bertz CT molecular complexity index is 566. The number of anilines is 1. The third kappa shape index (κ3) is 5.18. The molecule has 1 aliphatic carbocycles. The van der Waals surface area contributed by atoms with Gasteiger partial charge in [0.05, 0.1) is 13.2 Å². The second-order valence-corrected chi connectivity index (χ2v) is 8.37. The van der Waals surface area contributed by atoms with Crippen LogP contribution in [0.5, 0.6) is 0 Å². The molecular formula is C20H31N3O2. The predicted molar refractivity (Wildman–Crippen MR) is 99.6 cm³/mol. The number of hydrogen-bond acceptors (Lipinski definition) is 5. The molecule has 2 fully saturated rings. The van der Waals surface area contributed by atoms with Crippen molar-refractivity contribution < 1.29 is 9.53 Å². The summed E-state index contributed by atoms with van der Waals surface area (Å²) in [5.41, 5.74) is 1.22. The molecule has 0 bridgehead atoms. The first kappa shape index (κ1) is 18.2. The number of nitrogens with zero attached hydrogens (tertiary/aromatic N) is 3. The number of esters is 1. The minimum absolute atomic E-state index is 0.0170. The normalized spacial score (nSPS) is 21.4. The summed E-state index contributed by atoms with van der Waals surface area (Å²) in [6.45, 7) is 9.47. The standard InChI is InChI=1S/C20H31N3O2/c1-20(2,3)23(18-6-7-18)14-19(24)25-15-16-5-4-12-22(13-16)17-8-10-21-11-9-17/h8-11,16,18H,4-7,12-15H2,1-3H3. The van der Waals surface area contributed by atoms with Crippen molar-refractivity contribution in [1.29, 1.82) is 0 Å². The average Bonchev–Trinajstić information content (AvgIpc) is 3.43. The van der Waals surface area contributed by atoms with E-state index >= 15 is 0 Å². The Kier molecular flexibility index (Phi) is 5.62. The molecule has 2 aliphatic rings. The molecule has 25 heavy (non-hydrogen) atoms. The van der Waals surface area contributed by atoms with Crippen LogP contribution in [-0.2, 0) is 9.53 Å². The maximum absolute atomic E-state index is 12.3. The lowest BCUT2D eigenvalue weighted by molar-refractivity contribution is -0.148. The molecule has 1 unspecified atom stereocenters. The van der Waals surface area contributed by atoms with Crippen molar-refractivity contribution in [3.63, 3.8) is 0 Å². The Labute approximate surface area is 151 Å². The molecule has 2 heterocycles. The summed E-state index contributed by atoms with van der Waals surface area (Å²) in [4.78, 5) is 21.1. The Morgan fingerprint density at radius 1 is 1.28 bits per heavy atom. The van der Waals surface area contributed by atoms with Crippen LogP contribution in [0.1, 0.15) is 46.5 Å². The fourth-order valence-corrected chi connectivity index (χ4v) is 3.69. The highest BCUT2D eigenvalue weighted by atomic mass is 16.5. The Hall–Kier alpha value is -1.62. The number of carbonyl (C=O) groups excluding carboxylic acids is 1. The van der Waals surface area contributed by atoms with Gasteiger partial charge in [0, 0.05) is 48.7 Å². The van der Waals surface area contributed by atoms with Crippen LogP contribution in [0, 0.1) is 5.92 Å². The van der Waals surface area contributed by atoms with Crippen molar-refractivity contribution >= 4 is 11.7 Å². The van der Waals surface area contributed by atoms with Gasteiger partial charge in [-0.1, -0.05) is 0 Å². The van der Waals surface area contributed by atoms with Gasteiger partial charge in [0.2, 0.25) is 0 Å². The van der Waals surface area contributed by atoms with Crippen molar-refractivity contribution in [2.24, 2.45) is 5.92 Å². The lowest BCUT2D eigenvalue weighted by Gasteiger charge is -2.36. The number of aromatic nitrogens is 1. The molecule has 0 spiro atoms. The topological polar surface area (TPSA) is 45.7 Å². The van der Waals surface area contributed by atoms with Gasteiger partial charge in [-0.05, 0) is 58.6 Å². The summed E-state index contributed by atoms with van der Waals surface area (Å²) >= 11 is 0. The molecule has 1 atom stereocenters. The van der Waals surface area contributed by atoms with Crippen LogP contribution in [0.15, 0.2) is 24.5 Å². The first-order valence-corrected chi connectivity index (χ1v) is 9.51. The molecule has 1 saturated heterocycles. The lowest BCUT2D eigenvalue weighted by Crippen LogP contribution is -2.46. The maximum atomic E-state index is 12.3. The summed E-state index contributed by atoms with van der Waals surface area (Å²) in [6, 6.07) is 4.65. The van der Waals surface area contributed by atoms with Gasteiger partial charge in [-0.15, -0.1) is 0 Å². The summed E-state index contributed by atoms with van der Waals surface area (Å²) in [5.74, 6) is 0.331. The van der Waals surface area contributed by atoms with Crippen molar-refractivity contribution in [2.75, 3.05) is 31.1 Å². The molecule has 0 N–H and O–H groups in total. The van der Waals surface area contributed by atoms with E-state index in [1.807, 2.05) is 24.5 Å². The minimum atomic E-state index is -0.0807. The van der Waals surface area contributed by atoms with Crippen molar-refractivity contribution in [3.05, 3.63) is 24.5 Å². The van der Waals surface area contributed by atoms with Crippen molar-refractivity contribution in [2.45, 2.75) is 58.0 Å². The molecule has 0 aromatic carbocycles. The van der Waals surface area contributed by atoms with E-state index < -0.39 is 0 Å². The summed E-state index contributed by atoms with van der Waals surface area (Å²) in [5, 5.41) is 0. The predicted octanol–water partition coefficient (Wildman–Crippen LogP) is 3.10. The number of piperidine rings is 1.